The summed E-state index contributed by atoms with van der Waals surface area (Å²) in [6.45, 7) is 7.97. The van der Waals surface area contributed by atoms with E-state index in [9.17, 15) is 18.4 Å². The maximum atomic E-state index is 13.8. The van der Waals surface area contributed by atoms with Gasteiger partial charge in [-0.3, -0.25) is 0 Å². The first-order valence-electron chi connectivity index (χ1n) is 11.3. The van der Waals surface area contributed by atoms with Crippen LogP contribution in [0, 0.1) is 37.3 Å². The molecule has 34 heavy (non-hydrogen) atoms. The van der Waals surface area contributed by atoms with Crippen LogP contribution in [0.4, 0.5) is 20.2 Å². The van der Waals surface area contributed by atoms with Crippen LogP contribution in [0.25, 0.3) is 0 Å². The second-order valence-electron chi connectivity index (χ2n) is 9.04. The summed E-state index contributed by atoms with van der Waals surface area (Å²) in [6, 6.07) is 5.30. The molecule has 1 fully saturated rings. The van der Waals surface area contributed by atoms with Gasteiger partial charge in [-0.15, -0.1) is 0 Å². The number of carbonyl (C=O) groups excluding carboxylic acids is 2. The SMILES string of the molecule is COC(=O)c1cc(F)cc(N)c1C.COC(=O)c1cc(F)cc(NC2C[C@@H](C)C[C@H](C)C2)c1C. The molecule has 0 saturated heterocycles. The van der Waals surface area contributed by atoms with Crippen molar-refractivity contribution in [2.45, 2.75) is 53.0 Å². The normalized spacial score (nSPS) is 19.5. The Morgan fingerprint density at radius 2 is 1.32 bits per heavy atom. The molecule has 0 spiro atoms. The monoisotopic (exact) mass is 476 g/mol. The smallest absolute Gasteiger partial charge is 0.338 e. The largest absolute Gasteiger partial charge is 0.465 e. The van der Waals surface area contributed by atoms with E-state index in [0.29, 0.717) is 29.1 Å². The lowest BCUT2D eigenvalue weighted by atomic mass is 9.80. The van der Waals surface area contributed by atoms with E-state index in [1.54, 1.807) is 6.92 Å². The third kappa shape index (κ3) is 6.92. The summed E-state index contributed by atoms with van der Waals surface area (Å²) < 4.78 is 35.8. The van der Waals surface area contributed by atoms with Gasteiger partial charge in [0.25, 0.3) is 0 Å². The van der Waals surface area contributed by atoms with Gasteiger partial charge in [-0.25, -0.2) is 18.4 Å². The van der Waals surface area contributed by atoms with Crippen LogP contribution in [0.2, 0.25) is 0 Å². The standard InChI is InChI=1S/C17H24FNO2.C9H10FNO2/c1-10-5-11(2)7-14(6-10)19-16-9-13(18)8-15(12(16)3)17(20)21-4;1-5-7(9(12)13-2)3-6(10)4-8(5)11/h8-11,14,19H,5-7H2,1-4H3;3-4H,11H2,1-2H3/t10-,11-;/m0./s1. The Morgan fingerprint density at radius 3 is 1.82 bits per heavy atom. The molecular formula is C26H34F2N2O4. The van der Waals surface area contributed by atoms with Crippen molar-refractivity contribution >= 4 is 23.3 Å². The molecule has 1 aliphatic rings. The zero-order valence-electron chi connectivity index (χ0n) is 20.6. The zero-order chi connectivity index (χ0) is 25.6. The van der Waals surface area contributed by atoms with E-state index in [0.717, 1.165) is 24.5 Å². The van der Waals surface area contributed by atoms with Crippen LogP contribution in [0.15, 0.2) is 24.3 Å². The minimum absolute atomic E-state index is 0.167. The lowest BCUT2D eigenvalue weighted by molar-refractivity contribution is 0.0590. The minimum Gasteiger partial charge on any atom is -0.465 e. The predicted molar refractivity (Wildman–Crippen MR) is 129 cm³/mol. The number of nitrogens with one attached hydrogen (secondary N) is 1. The molecule has 6 nitrogen and oxygen atoms in total. The van der Waals surface area contributed by atoms with Gasteiger partial charge < -0.3 is 20.5 Å². The van der Waals surface area contributed by atoms with Crippen LogP contribution in [0.3, 0.4) is 0 Å². The number of halogens is 2. The third-order valence-corrected chi connectivity index (χ3v) is 6.13. The first kappa shape index (κ1) is 27.1. The van der Waals surface area contributed by atoms with Crippen LogP contribution >= 0.6 is 0 Å². The third-order valence-electron chi connectivity index (χ3n) is 6.13. The molecule has 1 saturated carbocycles. The van der Waals surface area contributed by atoms with Crippen molar-refractivity contribution < 1.29 is 27.8 Å². The Hall–Kier alpha value is -3.16. The molecule has 3 N–H and O–H groups in total. The maximum absolute atomic E-state index is 13.8. The van der Waals surface area contributed by atoms with Crippen LogP contribution in [0.1, 0.15) is 65.0 Å². The number of hydrogen-bond acceptors (Lipinski definition) is 6. The number of ether oxygens (including phenoxy) is 2. The van der Waals surface area contributed by atoms with Crippen LogP contribution in [0.5, 0.6) is 0 Å². The highest BCUT2D eigenvalue weighted by atomic mass is 19.1. The van der Waals surface area contributed by atoms with E-state index in [-0.39, 0.29) is 16.8 Å². The molecule has 0 aromatic heterocycles. The molecule has 3 rings (SSSR count). The maximum Gasteiger partial charge on any atom is 0.338 e. The molecule has 8 heteroatoms. The number of methoxy groups -OCH3 is 2. The molecule has 2 aromatic rings. The van der Waals surface area contributed by atoms with Gasteiger partial charge in [0, 0.05) is 17.4 Å². The first-order valence-corrected chi connectivity index (χ1v) is 11.3. The topological polar surface area (TPSA) is 90.7 Å². The Labute approximate surface area is 199 Å². The van der Waals surface area contributed by atoms with E-state index < -0.39 is 23.6 Å². The van der Waals surface area contributed by atoms with Crippen molar-refractivity contribution in [1.29, 1.82) is 0 Å². The average Bonchev–Trinajstić information content (AvgIpc) is 2.77. The molecule has 0 radical (unpaired) electrons. The lowest BCUT2D eigenvalue weighted by Crippen LogP contribution is -2.30. The molecule has 0 aliphatic heterocycles. The minimum atomic E-state index is -0.580. The van der Waals surface area contributed by atoms with Crippen molar-refractivity contribution in [2.24, 2.45) is 11.8 Å². The second kappa shape index (κ2) is 11.8. The highest BCUT2D eigenvalue weighted by Gasteiger charge is 2.25. The number of hydrogen-bond donors (Lipinski definition) is 2. The fourth-order valence-electron chi connectivity index (χ4n) is 4.46. The van der Waals surface area contributed by atoms with Gasteiger partial charge in [0.2, 0.25) is 0 Å². The van der Waals surface area contributed by atoms with E-state index in [2.05, 4.69) is 23.9 Å². The number of nitrogen functional groups attached to an aromatic ring is 1. The van der Waals surface area contributed by atoms with Crippen molar-refractivity contribution in [1.82, 2.24) is 0 Å². The molecule has 0 bridgehead atoms. The van der Waals surface area contributed by atoms with Gasteiger partial charge >= 0.3 is 11.9 Å². The molecule has 186 valence electrons. The second-order valence-corrected chi connectivity index (χ2v) is 9.04. The quantitative estimate of drug-likeness (QED) is 0.437. The number of anilines is 2. The summed E-state index contributed by atoms with van der Waals surface area (Å²) in [4.78, 5) is 22.8. The van der Waals surface area contributed by atoms with E-state index in [1.807, 2.05) is 6.92 Å². The number of benzene rings is 2. The molecular weight excluding hydrogens is 442 g/mol. The Morgan fingerprint density at radius 1 is 0.853 bits per heavy atom. The molecule has 2 aromatic carbocycles. The molecule has 0 amide bonds. The molecule has 0 heterocycles. The Balaban J connectivity index is 0.000000270. The average molecular weight is 477 g/mol. The van der Waals surface area contributed by atoms with E-state index in [4.69, 9.17) is 10.5 Å². The molecule has 0 unspecified atom stereocenters. The summed E-state index contributed by atoms with van der Waals surface area (Å²) >= 11 is 0. The van der Waals surface area contributed by atoms with Gasteiger partial charge in [0.1, 0.15) is 11.6 Å². The molecule has 1 aliphatic carbocycles. The van der Waals surface area contributed by atoms with E-state index >= 15 is 0 Å². The number of esters is 2. The van der Waals surface area contributed by atoms with Crippen molar-refractivity contribution in [3.63, 3.8) is 0 Å². The van der Waals surface area contributed by atoms with Gasteiger partial charge in [-0.05, 0) is 80.3 Å². The molecule has 2 atom stereocenters. The Bertz CT molecular complexity index is 1030. The fraction of sp³-hybridized carbons (Fsp3) is 0.462. The van der Waals surface area contributed by atoms with Crippen LogP contribution in [-0.4, -0.2) is 32.2 Å². The summed E-state index contributed by atoms with van der Waals surface area (Å²) in [5.41, 5.74) is 8.15. The summed E-state index contributed by atoms with van der Waals surface area (Å²) in [5, 5.41) is 3.42. The number of nitrogens with two attached hydrogens (primary N) is 1. The van der Waals surface area contributed by atoms with Gasteiger partial charge in [0.15, 0.2) is 0 Å². The van der Waals surface area contributed by atoms with Crippen molar-refractivity contribution in [3.8, 4) is 0 Å². The van der Waals surface area contributed by atoms with E-state index in [1.165, 1.54) is 38.8 Å². The summed E-state index contributed by atoms with van der Waals surface area (Å²) in [6.07, 6.45) is 3.40. The van der Waals surface area contributed by atoms with Crippen LogP contribution in [-0.2, 0) is 9.47 Å². The van der Waals surface area contributed by atoms with Gasteiger partial charge in [0.05, 0.1) is 25.3 Å². The fourth-order valence-corrected chi connectivity index (χ4v) is 4.46. The van der Waals surface area contributed by atoms with Crippen LogP contribution < -0.4 is 11.1 Å². The highest BCUT2D eigenvalue weighted by Crippen LogP contribution is 2.32. The first-order chi connectivity index (χ1) is 16.0. The van der Waals surface area contributed by atoms with Gasteiger partial charge in [-0.1, -0.05) is 13.8 Å². The predicted octanol–water partition coefficient (Wildman–Crippen LogP) is 5.66. The van der Waals surface area contributed by atoms with Crippen molar-refractivity contribution in [2.75, 3.05) is 25.3 Å². The van der Waals surface area contributed by atoms with Gasteiger partial charge in [-0.2, -0.15) is 0 Å². The van der Waals surface area contributed by atoms with Crippen molar-refractivity contribution in [3.05, 3.63) is 58.2 Å². The zero-order valence-corrected chi connectivity index (χ0v) is 20.6. The Kier molecular flexibility index (Phi) is 9.41. The lowest BCUT2D eigenvalue weighted by Gasteiger charge is -2.33. The number of rotatable bonds is 4. The highest BCUT2D eigenvalue weighted by molar-refractivity contribution is 5.93. The summed E-state index contributed by atoms with van der Waals surface area (Å²) in [5.74, 6) is -0.701. The summed E-state index contributed by atoms with van der Waals surface area (Å²) in [7, 11) is 2.55. The number of carbonyl (C=O) groups is 2.